The lowest BCUT2D eigenvalue weighted by Crippen LogP contribution is -2.39. The molecule has 1 aliphatic heterocycles. The minimum Gasteiger partial charge on any atom is -0.314 e. The molecule has 1 N–H and O–H groups in total. The summed E-state index contributed by atoms with van der Waals surface area (Å²) >= 11 is 0. The van der Waals surface area contributed by atoms with Gasteiger partial charge >= 0.3 is 0 Å². The second-order valence-corrected chi connectivity index (χ2v) is 7.89. The van der Waals surface area contributed by atoms with Gasteiger partial charge in [-0.15, -0.1) is 0 Å². The van der Waals surface area contributed by atoms with Crippen molar-refractivity contribution in [3.63, 3.8) is 0 Å². The maximum atomic E-state index is 11.4. The first-order chi connectivity index (χ1) is 7.80. The molecule has 2 atom stereocenters. The van der Waals surface area contributed by atoms with Gasteiger partial charge in [0, 0.05) is 18.6 Å². The fourth-order valence-electron chi connectivity index (χ4n) is 2.27. The molecular formula is C12H26N2O2S. The average molecular weight is 262 g/mol. The van der Waals surface area contributed by atoms with Crippen molar-refractivity contribution < 1.29 is 8.42 Å². The number of nitrogens with zero attached hydrogens (tertiary/aromatic N) is 1. The molecule has 0 aromatic rings. The van der Waals surface area contributed by atoms with E-state index in [1.54, 1.807) is 0 Å². The van der Waals surface area contributed by atoms with Crippen LogP contribution in [0.4, 0.5) is 0 Å². The van der Waals surface area contributed by atoms with Crippen molar-refractivity contribution in [2.45, 2.75) is 39.3 Å². The Hall–Kier alpha value is -0.130. The summed E-state index contributed by atoms with van der Waals surface area (Å²) in [5, 5.41) is 3.41. The number of hydrogen-bond donors (Lipinski definition) is 1. The molecule has 0 radical (unpaired) electrons. The Labute approximate surface area is 106 Å². The van der Waals surface area contributed by atoms with Crippen LogP contribution in [0, 0.1) is 5.92 Å². The van der Waals surface area contributed by atoms with Gasteiger partial charge in [0.05, 0.1) is 11.5 Å². The van der Waals surface area contributed by atoms with E-state index in [-0.39, 0.29) is 6.04 Å². The van der Waals surface area contributed by atoms with Gasteiger partial charge in [0.15, 0.2) is 9.84 Å². The lowest BCUT2D eigenvalue weighted by atomic mass is 10.1. The molecule has 5 heteroatoms. The summed E-state index contributed by atoms with van der Waals surface area (Å²) in [6, 6.07) is 0.733. The lowest BCUT2D eigenvalue weighted by Gasteiger charge is -2.27. The highest BCUT2D eigenvalue weighted by Crippen LogP contribution is 2.17. The predicted molar refractivity (Wildman–Crippen MR) is 72.0 cm³/mol. The average Bonchev–Trinajstić information content (AvgIpc) is 2.56. The zero-order chi connectivity index (χ0) is 13.1. The van der Waals surface area contributed by atoms with E-state index >= 15 is 0 Å². The summed E-state index contributed by atoms with van der Waals surface area (Å²) < 4.78 is 22.8. The number of nitrogens with one attached hydrogen (secondary N) is 1. The molecule has 0 aromatic carbocycles. The highest BCUT2D eigenvalue weighted by molar-refractivity contribution is 7.91. The second kappa shape index (κ2) is 6.16. The van der Waals surface area contributed by atoms with Crippen LogP contribution < -0.4 is 5.32 Å². The van der Waals surface area contributed by atoms with Gasteiger partial charge in [-0.25, -0.2) is 8.42 Å². The van der Waals surface area contributed by atoms with Crippen LogP contribution in [-0.2, 0) is 9.84 Å². The van der Waals surface area contributed by atoms with E-state index in [9.17, 15) is 8.42 Å². The Morgan fingerprint density at radius 2 is 2.00 bits per heavy atom. The zero-order valence-electron chi connectivity index (χ0n) is 11.4. The van der Waals surface area contributed by atoms with Gasteiger partial charge in [0.25, 0.3) is 0 Å². The summed E-state index contributed by atoms with van der Waals surface area (Å²) in [4.78, 5) is 2.21. The maximum Gasteiger partial charge on any atom is 0.151 e. The van der Waals surface area contributed by atoms with Gasteiger partial charge in [-0.05, 0) is 25.9 Å². The summed E-state index contributed by atoms with van der Waals surface area (Å²) in [6.45, 7) is 8.43. The topological polar surface area (TPSA) is 49.4 Å². The van der Waals surface area contributed by atoms with Crippen molar-refractivity contribution in [3.8, 4) is 0 Å². The van der Waals surface area contributed by atoms with Gasteiger partial charge in [-0.3, -0.25) is 0 Å². The molecule has 1 saturated heterocycles. The number of rotatable bonds is 6. The largest absolute Gasteiger partial charge is 0.314 e. The zero-order valence-corrected chi connectivity index (χ0v) is 12.3. The number of sulfone groups is 1. The first-order valence-corrected chi connectivity index (χ1v) is 8.26. The normalized spacial score (nSPS) is 25.6. The van der Waals surface area contributed by atoms with Crippen LogP contribution in [0.5, 0.6) is 0 Å². The van der Waals surface area contributed by atoms with Crippen LogP contribution in [-0.4, -0.2) is 57.0 Å². The van der Waals surface area contributed by atoms with Crippen molar-refractivity contribution >= 4 is 9.84 Å². The predicted octanol–water partition coefficient (Wildman–Crippen LogP) is 0.739. The summed E-state index contributed by atoms with van der Waals surface area (Å²) in [5.41, 5.74) is 0. The van der Waals surface area contributed by atoms with Crippen molar-refractivity contribution in [1.29, 1.82) is 0 Å². The van der Waals surface area contributed by atoms with Crippen LogP contribution in [0.3, 0.4) is 0 Å². The second-order valence-electron chi connectivity index (χ2n) is 5.66. The van der Waals surface area contributed by atoms with Crippen LogP contribution >= 0.6 is 0 Å². The first-order valence-electron chi connectivity index (χ1n) is 6.44. The molecule has 2 unspecified atom stereocenters. The number of hydrogen-bond acceptors (Lipinski definition) is 4. The summed E-state index contributed by atoms with van der Waals surface area (Å²) in [7, 11) is -0.720. The Kier molecular flexibility index (Phi) is 5.41. The van der Waals surface area contributed by atoms with Gasteiger partial charge in [-0.1, -0.05) is 20.8 Å². The highest BCUT2D eigenvalue weighted by atomic mass is 32.2. The lowest BCUT2D eigenvalue weighted by molar-refractivity contribution is 0.224. The monoisotopic (exact) mass is 262 g/mol. The molecule has 1 rings (SSSR count). The van der Waals surface area contributed by atoms with Crippen LogP contribution in [0.25, 0.3) is 0 Å². The third-order valence-electron chi connectivity index (χ3n) is 3.31. The van der Waals surface area contributed by atoms with Gasteiger partial charge in [0.1, 0.15) is 0 Å². The molecule has 102 valence electrons. The van der Waals surface area contributed by atoms with E-state index in [4.69, 9.17) is 0 Å². The summed E-state index contributed by atoms with van der Waals surface area (Å²) in [5.74, 6) is 1.25. The fourth-order valence-corrected chi connectivity index (χ4v) is 4.07. The van der Waals surface area contributed by atoms with Gasteiger partial charge in [0.2, 0.25) is 0 Å². The van der Waals surface area contributed by atoms with E-state index in [0.717, 1.165) is 19.5 Å². The molecule has 1 fully saturated rings. The third-order valence-corrected chi connectivity index (χ3v) is 5.06. The minimum absolute atomic E-state index is 0.224. The molecule has 0 spiro atoms. The molecule has 0 aliphatic carbocycles. The third kappa shape index (κ3) is 5.36. The molecule has 0 saturated carbocycles. The Balaban J connectivity index is 2.32. The Morgan fingerprint density at radius 3 is 2.47 bits per heavy atom. The summed E-state index contributed by atoms with van der Waals surface area (Å²) in [6.07, 6.45) is 0.795. The van der Waals surface area contributed by atoms with E-state index in [1.165, 1.54) is 0 Å². The van der Waals surface area contributed by atoms with Gasteiger partial charge in [-0.2, -0.15) is 0 Å². The molecule has 1 aliphatic rings. The molecule has 4 nitrogen and oxygen atoms in total. The highest BCUT2D eigenvalue weighted by Gasteiger charge is 2.30. The van der Waals surface area contributed by atoms with Crippen LogP contribution in [0.2, 0.25) is 0 Å². The minimum atomic E-state index is -2.76. The van der Waals surface area contributed by atoms with Crippen molar-refractivity contribution in [2.75, 3.05) is 31.6 Å². The fraction of sp³-hybridized carbons (Fsp3) is 1.00. The van der Waals surface area contributed by atoms with E-state index < -0.39 is 9.84 Å². The van der Waals surface area contributed by atoms with E-state index in [0.29, 0.717) is 23.5 Å². The Bertz CT molecular complexity index is 327. The molecular weight excluding hydrogens is 236 g/mol. The van der Waals surface area contributed by atoms with Crippen LogP contribution in [0.15, 0.2) is 0 Å². The quantitative estimate of drug-likeness (QED) is 0.767. The molecule has 0 amide bonds. The Morgan fingerprint density at radius 1 is 1.35 bits per heavy atom. The molecule has 0 bridgehead atoms. The van der Waals surface area contributed by atoms with E-state index in [2.05, 4.69) is 31.0 Å². The van der Waals surface area contributed by atoms with E-state index in [1.807, 2.05) is 7.05 Å². The SMILES string of the molecule is CC(CNC(C)C)CN(C)C1CCS(=O)(=O)C1. The molecule has 17 heavy (non-hydrogen) atoms. The standard InChI is InChI=1S/C12H26N2O2S/c1-10(2)13-7-11(3)8-14(4)12-5-6-17(15,16)9-12/h10-13H,5-9H2,1-4H3. The van der Waals surface area contributed by atoms with Crippen molar-refractivity contribution in [3.05, 3.63) is 0 Å². The van der Waals surface area contributed by atoms with Gasteiger partial charge < -0.3 is 10.2 Å². The van der Waals surface area contributed by atoms with Crippen molar-refractivity contribution in [1.82, 2.24) is 10.2 Å². The maximum absolute atomic E-state index is 11.4. The van der Waals surface area contributed by atoms with Crippen LogP contribution in [0.1, 0.15) is 27.2 Å². The smallest absolute Gasteiger partial charge is 0.151 e. The van der Waals surface area contributed by atoms with Crippen molar-refractivity contribution in [2.24, 2.45) is 5.92 Å². The molecule has 0 aromatic heterocycles. The molecule has 1 heterocycles. The first kappa shape index (κ1) is 14.9.